The number of hydrogen-bond acceptors (Lipinski definition) is 7. The number of anilines is 1. The van der Waals surface area contributed by atoms with E-state index in [2.05, 4.69) is 31.3 Å². The lowest BCUT2D eigenvalue weighted by Gasteiger charge is -2.22. The molecule has 3 aromatic carbocycles. The number of nitrogens with one attached hydrogen (secondary N) is 1. The molecule has 1 N–H and O–H groups in total. The van der Waals surface area contributed by atoms with Crippen LogP contribution in [0.25, 0.3) is 38.5 Å². The molecule has 182 valence electrons. The summed E-state index contributed by atoms with van der Waals surface area (Å²) in [6, 6.07) is 24.5. The first kappa shape index (κ1) is 23.0. The van der Waals surface area contributed by atoms with Crippen LogP contribution in [0.3, 0.4) is 0 Å². The van der Waals surface area contributed by atoms with Gasteiger partial charge in [0.15, 0.2) is 0 Å². The summed E-state index contributed by atoms with van der Waals surface area (Å²) >= 11 is 0. The van der Waals surface area contributed by atoms with Gasteiger partial charge in [-0.2, -0.15) is 5.26 Å². The fraction of sp³-hybridized carbons (Fsp3) is 0.0667. The molecule has 0 bridgehead atoms. The molecule has 6 aromatic rings. The molecule has 6 rings (SSSR count). The quantitative estimate of drug-likeness (QED) is 0.339. The Hall–Kier alpha value is -5.42. The maximum Gasteiger partial charge on any atom is 0.263 e. The Morgan fingerprint density at radius 3 is 2.53 bits per heavy atom. The van der Waals surface area contributed by atoms with E-state index in [1.54, 1.807) is 35.2 Å². The molecule has 3 heterocycles. The second-order valence-corrected chi connectivity index (χ2v) is 8.87. The normalized spacial score (nSPS) is 11.8. The SMILES string of the molecule is CC(Nc1ncnc2ccc(C#N)cc12)c1cc2cccc(-c3cncnc3)c2c(=O)n1-c1ccccc1. The van der Waals surface area contributed by atoms with E-state index in [-0.39, 0.29) is 11.6 Å². The van der Waals surface area contributed by atoms with Crippen molar-refractivity contribution in [3.63, 3.8) is 0 Å². The molecule has 3 aromatic heterocycles. The van der Waals surface area contributed by atoms with Crippen molar-refractivity contribution in [3.05, 3.63) is 119 Å². The zero-order chi connectivity index (χ0) is 26.1. The molecule has 0 aliphatic carbocycles. The van der Waals surface area contributed by atoms with Gasteiger partial charge in [-0.15, -0.1) is 0 Å². The Balaban J connectivity index is 1.56. The number of rotatable bonds is 5. The molecule has 0 saturated heterocycles. The maximum absolute atomic E-state index is 14.2. The van der Waals surface area contributed by atoms with E-state index in [0.29, 0.717) is 16.8 Å². The van der Waals surface area contributed by atoms with Crippen LogP contribution in [0, 0.1) is 11.3 Å². The molecular weight excluding hydrogens is 474 g/mol. The molecule has 0 aliphatic heterocycles. The van der Waals surface area contributed by atoms with Crippen molar-refractivity contribution in [2.24, 2.45) is 0 Å². The molecular formula is C30H21N7O. The van der Waals surface area contributed by atoms with Crippen LogP contribution in [0.15, 0.2) is 103 Å². The second kappa shape index (κ2) is 9.56. The summed E-state index contributed by atoms with van der Waals surface area (Å²) in [5, 5.41) is 15.0. The van der Waals surface area contributed by atoms with Gasteiger partial charge < -0.3 is 5.32 Å². The highest BCUT2D eigenvalue weighted by Gasteiger charge is 2.20. The number of nitriles is 1. The number of fused-ring (bicyclic) bond motifs is 2. The fourth-order valence-electron chi connectivity index (χ4n) is 4.74. The van der Waals surface area contributed by atoms with E-state index in [9.17, 15) is 10.1 Å². The highest BCUT2D eigenvalue weighted by atomic mass is 16.1. The van der Waals surface area contributed by atoms with Gasteiger partial charge in [-0.25, -0.2) is 19.9 Å². The van der Waals surface area contributed by atoms with Crippen LogP contribution >= 0.6 is 0 Å². The van der Waals surface area contributed by atoms with Crippen molar-refractivity contribution in [3.8, 4) is 22.9 Å². The molecule has 0 aliphatic rings. The van der Waals surface area contributed by atoms with Crippen molar-refractivity contribution < 1.29 is 0 Å². The summed E-state index contributed by atoms with van der Waals surface area (Å²) in [6.45, 7) is 1.98. The van der Waals surface area contributed by atoms with E-state index in [1.165, 1.54) is 12.7 Å². The van der Waals surface area contributed by atoms with E-state index in [0.717, 1.165) is 38.8 Å². The molecule has 8 heteroatoms. The summed E-state index contributed by atoms with van der Waals surface area (Å²) in [6.07, 6.45) is 6.38. The molecule has 0 fully saturated rings. The Labute approximate surface area is 217 Å². The van der Waals surface area contributed by atoms with Crippen LogP contribution in [0.1, 0.15) is 24.2 Å². The third kappa shape index (κ3) is 4.02. The first-order chi connectivity index (χ1) is 18.6. The molecule has 1 atom stereocenters. The minimum absolute atomic E-state index is 0.142. The van der Waals surface area contributed by atoms with Gasteiger partial charge >= 0.3 is 0 Å². The monoisotopic (exact) mass is 495 g/mol. The van der Waals surface area contributed by atoms with Crippen LogP contribution < -0.4 is 10.9 Å². The lowest BCUT2D eigenvalue weighted by molar-refractivity contribution is 0.774. The Bertz CT molecular complexity index is 1890. The molecule has 0 spiro atoms. The van der Waals surface area contributed by atoms with Crippen LogP contribution in [0.2, 0.25) is 0 Å². The summed E-state index contributed by atoms with van der Waals surface area (Å²) in [5.74, 6) is 0.585. The van der Waals surface area contributed by atoms with E-state index in [4.69, 9.17) is 0 Å². The predicted molar refractivity (Wildman–Crippen MR) is 147 cm³/mol. The van der Waals surface area contributed by atoms with Crippen LogP contribution in [-0.2, 0) is 0 Å². The summed E-state index contributed by atoms with van der Waals surface area (Å²) in [7, 11) is 0. The van der Waals surface area contributed by atoms with Gasteiger partial charge in [-0.3, -0.25) is 9.36 Å². The second-order valence-electron chi connectivity index (χ2n) is 8.87. The summed E-state index contributed by atoms with van der Waals surface area (Å²) < 4.78 is 1.73. The van der Waals surface area contributed by atoms with Crippen molar-refractivity contribution in [1.82, 2.24) is 24.5 Å². The number of aromatic nitrogens is 5. The van der Waals surface area contributed by atoms with Gasteiger partial charge in [0.25, 0.3) is 5.56 Å². The standard InChI is InChI=1S/C30H21N7O/c1-19(36-29-25-12-20(14-31)10-11-26(25)34-18-35-29)27-13-21-6-5-9-24(22-15-32-17-33-16-22)28(21)30(38)37(27)23-7-3-2-4-8-23/h2-13,15-19H,1H3,(H,34,35,36). The zero-order valence-corrected chi connectivity index (χ0v) is 20.4. The largest absolute Gasteiger partial charge is 0.361 e. The molecule has 8 nitrogen and oxygen atoms in total. The smallest absolute Gasteiger partial charge is 0.263 e. The molecule has 38 heavy (non-hydrogen) atoms. The fourth-order valence-corrected chi connectivity index (χ4v) is 4.74. The summed E-state index contributed by atoms with van der Waals surface area (Å²) in [4.78, 5) is 31.3. The molecule has 0 amide bonds. The van der Waals surface area contributed by atoms with Gasteiger partial charge in [-0.05, 0) is 54.3 Å². The number of nitrogens with zero attached hydrogens (tertiary/aromatic N) is 6. The van der Waals surface area contributed by atoms with Crippen molar-refractivity contribution in [2.45, 2.75) is 13.0 Å². The van der Waals surface area contributed by atoms with Gasteiger partial charge in [-0.1, -0.05) is 36.4 Å². The average molecular weight is 496 g/mol. The highest BCUT2D eigenvalue weighted by molar-refractivity contribution is 5.96. The minimum Gasteiger partial charge on any atom is -0.361 e. The third-order valence-electron chi connectivity index (χ3n) is 6.52. The average Bonchev–Trinajstić information content (AvgIpc) is 2.97. The van der Waals surface area contributed by atoms with Gasteiger partial charge in [0, 0.05) is 34.7 Å². The topological polar surface area (TPSA) is 109 Å². The van der Waals surface area contributed by atoms with Crippen LogP contribution in [0.4, 0.5) is 5.82 Å². The lowest BCUT2D eigenvalue weighted by Crippen LogP contribution is -2.26. The zero-order valence-electron chi connectivity index (χ0n) is 20.4. The maximum atomic E-state index is 14.2. The highest BCUT2D eigenvalue weighted by Crippen LogP contribution is 2.30. The van der Waals surface area contributed by atoms with Crippen LogP contribution in [0.5, 0.6) is 0 Å². The third-order valence-corrected chi connectivity index (χ3v) is 6.52. The van der Waals surface area contributed by atoms with E-state index in [1.807, 2.05) is 61.5 Å². The van der Waals surface area contributed by atoms with Gasteiger partial charge in [0.2, 0.25) is 0 Å². The number of para-hydroxylation sites is 1. The number of benzene rings is 3. The van der Waals surface area contributed by atoms with Gasteiger partial charge in [0.05, 0.1) is 28.6 Å². The Morgan fingerprint density at radius 1 is 0.921 bits per heavy atom. The predicted octanol–water partition coefficient (Wildman–Crippen LogP) is 5.44. The molecule has 1 unspecified atom stereocenters. The number of hydrogen-bond donors (Lipinski definition) is 1. The minimum atomic E-state index is -0.320. The first-order valence-electron chi connectivity index (χ1n) is 12.0. The van der Waals surface area contributed by atoms with E-state index >= 15 is 0 Å². The van der Waals surface area contributed by atoms with E-state index < -0.39 is 0 Å². The van der Waals surface area contributed by atoms with Crippen molar-refractivity contribution in [2.75, 3.05) is 5.32 Å². The molecule has 0 radical (unpaired) electrons. The number of pyridine rings is 1. The first-order valence-corrected chi connectivity index (χ1v) is 12.0. The van der Waals surface area contributed by atoms with Crippen molar-refractivity contribution in [1.29, 1.82) is 5.26 Å². The van der Waals surface area contributed by atoms with Crippen molar-refractivity contribution >= 4 is 27.5 Å². The lowest BCUT2D eigenvalue weighted by atomic mass is 9.99. The van der Waals surface area contributed by atoms with Crippen LogP contribution in [-0.4, -0.2) is 24.5 Å². The Morgan fingerprint density at radius 2 is 1.74 bits per heavy atom. The van der Waals surface area contributed by atoms with Gasteiger partial charge in [0.1, 0.15) is 18.5 Å². The summed E-state index contributed by atoms with van der Waals surface area (Å²) in [5.41, 5.74) is 4.16. The molecule has 0 saturated carbocycles. The Kier molecular flexibility index (Phi) is 5.79.